The van der Waals surface area contributed by atoms with E-state index in [9.17, 15) is 14.9 Å². The van der Waals surface area contributed by atoms with Gasteiger partial charge in [0.05, 0.1) is 47.8 Å². The smallest absolute Gasteiger partial charge is 0.358 e. The topological polar surface area (TPSA) is 108 Å². The largest absolute Gasteiger partial charge is 0.390 e. The summed E-state index contributed by atoms with van der Waals surface area (Å²) in [5.74, 6) is -0.838. The third kappa shape index (κ3) is 4.57. The third-order valence-electron chi connectivity index (χ3n) is 4.14. The number of amides is 1. The standard InChI is InChI=1S/C18H20N6O3/c1-13(10-23-14(2)8-17(21-23)24(26)27)18(25)20-16-9-19-22(12-16)11-15-6-4-3-5-7-15/h3-9,12-13H,10-11H2,1-2H3,(H,20,25). The molecule has 2 heterocycles. The lowest BCUT2D eigenvalue weighted by atomic mass is 10.1. The lowest BCUT2D eigenvalue weighted by Gasteiger charge is -2.10. The Hall–Kier alpha value is -3.49. The maximum Gasteiger partial charge on any atom is 0.390 e. The third-order valence-corrected chi connectivity index (χ3v) is 4.14. The van der Waals surface area contributed by atoms with Gasteiger partial charge in [-0.3, -0.25) is 9.48 Å². The van der Waals surface area contributed by atoms with Gasteiger partial charge in [-0.2, -0.15) is 9.78 Å². The van der Waals surface area contributed by atoms with E-state index in [-0.39, 0.29) is 18.3 Å². The van der Waals surface area contributed by atoms with Crippen LogP contribution < -0.4 is 5.32 Å². The average molecular weight is 368 g/mol. The van der Waals surface area contributed by atoms with Gasteiger partial charge in [-0.05, 0) is 17.4 Å². The number of hydrogen-bond donors (Lipinski definition) is 1. The molecule has 0 saturated carbocycles. The maximum absolute atomic E-state index is 12.4. The summed E-state index contributed by atoms with van der Waals surface area (Å²) in [5, 5.41) is 21.8. The minimum absolute atomic E-state index is 0.202. The van der Waals surface area contributed by atoms with Crippen molar-refractivity contribution in [2.24, 2.45) is 5.92 Å². The van der Waals surface area contributed by atoms with Crippen molar-refractivity contribution in [3.63, 3.8) is 0 Å². The van der Waals surface area contributed by atoms with Crippen LogP contribution in [0.2, 0.25) is 0 Å². The zero-order valence-corrected chi connectivity index (χ0v) is 15.1. The van der Waals surface area contributed by atoms with E-state index >= 15 is 0 Å². The number of rotatable bonds is 7. The van der Waals surface area contributed by atoms with Gasteiger partial charge >= 0.3 is 5.82 Å². The second-order valence-electron chi connectivity index (χ2n) is 6.39. The summed E-state index contributed by atoms with van der Waals surface area (Å²) in [6, 6.07) is 11.3. The summed E-state index contributed by atoms with van der Waals surface area (Å²) in [7, 11) is 0. The van der Waals surface area contributed by atoms with E-state index in [1.54, 1.807) is 30.9 Å². The number of nitro groups is 1. The Morgan fingerprint density at radius 1 is 1.33 bits per heavy atom. The van der Waals surface area contributed by atoms with Gasteiger partial charge in [-0.25, -0.2) is 0 Å². The predicted octanol–water partition coefficient (Wildman–Crippen LogP) is 2.62. The highest BCUT2D eigenvalue weighted by molar-refractivity contribution is 5.91. The molecule has 3 rings (SSSR count). The molecule has 1 aromatic carbocycles. The first-order valence-electron chi connectivity index (χ1n) is 8.48. The molecule has 1 unspecified atom stereocenters. The van der Waals surface area contributed by atoms with Crippen LogP contribution in [0.25, 0.3) is 0 Å². The Morgan fingerprint density at radius 2 is 2.07 bits per heavy atom. The van der Waals surface area contributed by atoms with Gasteiger partial charge in [-0.1, -0.05) is 37.3 Å². The molecule has 2 aromatic heterocycles. The highest BCUT2D eigenvalue weighted by Gasteiger charge is 2.21. The molecule has 1 atom stereocenters. The number of nitrogens with one attached hydrogen (secondary N) is 1. The Labute approximate surface area is 155 Å². The zero-order valence-electron chi connectivity index (χ0n) is 15.1. The maximum atomic E-state index is 12.4. The van der Waals surface area contributed by atoms with Gasteiger partial charge in [0.2, 0.25) is 5.91 Å². The van der Waals surface area contributed by atoms with Gasteiger partial charge in [-0.15, -0.1) is 0 Å². The van der Waals surface area contributed by atoms with Crippen molar-refractivity contribution >= 4 is 17.4 Å². The molecule has 0 spiro atoms. The van der Waals surface area contributed by atoms with Crippen molar-refractivity contribution in [3.8, 4) is 0 Å². The number of carbonyl (C=O) groups excluding carboxylic acids is 1. The van der Waals surface area contributed by atoms with E-state index in [2.05, 4.69) is 15.5 Å². The van der Waals surface area contributed by atoms with Crippen LogP contribution in [0.5, 0.6) is 0 Å². The first-order valence-corrected chi connectivity index (χ1v) is 8.48. The van der Waals surface area contributed by atoms with Gasteiger partial charge in [0.1, 0.15) is 0 Å². The highest BCUT2D eigenvalue weighted by atomic mass is 16.6. The molecule has 0 fully saturated rings. The Balaban J connectivity index is 1.59. The molecule has 9 nitrogen and oxygen atoms in total. The second-order valence-corrected chi connectivity index (χ2v) is 6.39. The van der Waals surface area contributed by atoms with Crippen molar-refractivity contribution < 1.29 is 9.72 Å². The molecule has 9 heteroatoms. The molecule has 0 aliphatic heterocycles. The van der Waals surface area contributed by atoms with Crippen LogP contribution in [0.1, 0.15) is 18.2 Å². The fraction of sp³-hybridized carbons (Fsp3) is 0.278. The number of benzene rings is 1. The van der Waals surface area contributed by atoms with Crippen LogP contribution in [0.3, 0.4) is 0 Å². The monoisotopic (exact) mass is 368 g/mol. The van der Waals surface area contributed by atoms with Crippen LogP contribution >= 0.6 is 0 Å². The fourth-order valence-corrected chi connectivity index (χ4v) is 2.66. The SMILES string of the molecule is Cc1cc([N+](=O)[O-])nn1CC(C)C(=O)Nc1cnn(Cc2ccccc2)c1. The van der Waals surface area contributed by atoms with Crippen molar-refractivity contribution in [1.82, 2.24) is 19.6 Å². The predicted molar refractivity (Wildman–Crippen MR) is 99.2 cm³/mol. The van der Waals surface area contributed by atoms with E-state index in [1.807, 2.05) is 30.3 Å². The minimum atomic E-state index is -0.546. The summed E-state index contributed by atoms with van der Waals surface area (Å²) in [6.07, 6.45) is 3.36. The number of aromatic nitrogens is 4. The number of aryl methyl sites for hydroxylation is 1. The Kier molecular flexibility index (Phi) is 5.30. The molecule has 0 aliphatic rings. The van der Waals surface area contributed by atoms with Crippen molar-refractivity contribution in [2.75, 3.05) is 5.32 Å². The number of carbonyl (C=O) groups is 1. The molecular weight excluding hydrogens is 348 g/mol. The van der Waals surface area contributed by atoms with Crippen molar-refractivity contribution in [1.29, 1.82) is 0 Å². The molecule has 3 aromatic rings. The molecule has 0 bridgehead atoms. The average Bonchev–Trinajstić information content (AvgIpc) is 3.22. The normalized spacial score (nSPS) is 11.9. The molecule has 0 saturated heterocycles. The van der Waals surface area contributed by atoms with E-state index in [0.29, 0.717) is 17.9 Å². The first kappa shape index (κ1) is 18.3. The molecule has 27 heavy (non-hydrogen) atoms. The first-order chi connectivity index (χ1) is 12.9. The van der Waals surface area contributed by atoms with Gasteiger partial charge in [0, 0.05) is 6.20 Å². The second kappa shape index (κ2) is 7.81. The molecular formula is C18H20N6O3. The lowest BCUT2D eigenvalue weighted by molar-refractivity contribution is -0.389. The zero-order chi connectivity index (χ0) is 19.4. The van der Waals surface area contributed by atoms with Crippen molar-refractivity contribution in [3.05, 3.63) is 70.2 Å². The van der Waals surface area contributed by atoms with Crippen LogP contribution in [0.15, 0.2) is 48.8 Å². The molecule has 1 amide bonds. The lowest BCUT2D eigenvalue weighted by Crippen LogP contribution is -2.25. The van der Waals surface area contributed by atoms with E-state index < -0.39 is 10.8 Å². The number of nitrogens with zero attached hydrogens (tertiary/aromatic N) is 5. The van der Waals surface area contributed by atoms with Crippen molar-refractivity contribution in [2.45, 2.75) is 26.9 Å². The van der Waals surface area contributed by atoms with Gasteiger partial charge in [0.25, 0.3) is 0 Å². The molecule has 140 valence electrons. The number of hydrogen-bond acceptors (Lipinski definition) is 5. The highest BCUT2D eigenvalue weighted by Crippen LogP contribution is 2.14. The van der Waals surface area contributed by atoms with Gasteiger partial charge < -0.3 is 15.4 Å². The van der Waals surface area contributed by atoms with E-state index in [0.717, 1.165) is 5.56 Å². The van der Waals surface area contributed by atoms with Crippen LogP contribution in [-0.4, -0.2) is 30.4 Å². The number of anilines is 1. The van der Waals surface area contributed by atoms with E-state index in [4.69, 9.17) is 0 Å². The van der Waals surface area contributed by atoms with Crippen LogP contribution in [-0.2, 0) is 17.9 Å². The van der Waals surface area contributed by atoms with Crippen LogP contribution in [0, 0.1) is 23.0 Å². The quantitative estimate of drug-likeness (QED) is 0.509. The van der Waals surface area contributed by atoms with Crippen LogP contribution in [0.4, 0.5) is 11.5 Å². The van der Waals surface area contributed by atoms with Gasteiger partial charge in [0.15, 0.2) is 0 Å². The fourth-order valence-electron chi connectivity index (χ4n) is 2.66. The molecule has 1 N–H and O–H groups in total. The Morgan fingerprint density at radius 3 is 2.74 bits per heavy atom. The summed E-state index contributed by atoms with van der Waals surface area (Å²) in [5.41, 5.74) is 2.35. The molecule has 0 aliphatic carbocycles. The summed E-state index contributed by atoms with van der Waals surface area (Å²) in [4.78, 5) is 22.7. The molecule has 0 radical (unpaired) electrons. The summed E-state index contributed by atoms with van der Waals surface area (Å²) >= 11 is 0. The summed E-state index contributed by atoms with van der Waals surface area (Å²) < 4.78 is 3.22. The van der Waals surface area contributed by atoms with E-state index in [1.165, 1.54) is 10.7 Å². The summed E-state index contributed by atoms with van der Waals surface area (Å²) in [6.45, 7) is 4.33. The Bertz CT molecular complexity index is 947. The minimum Gasteiger partial charge on any atom is -0.358 e.